The zero-order chi connectivity index (χ0) is 9.35. The molecule has 1 rings (SSSR count). The molecule has 70 valence electrons. The van der Waals surface area contributed by atoms with Crippen molar-refractivity contribution in [2.45, 2.75) is 44.0 Å². The van der Waals surface area contributed by atoms with Crippen molar-refractivity contribution in [3.63, 3.8) is 0 Å². The van der Waals surface area contributed by atoms with Gasteiger partial charge >= 0.3 is 0 Å². The summed E-state index contributed by atoms with van der Waals surface area (Å²) in [6.45, 7) is 6.26. The van der Waals surface area contributed by atoms with Crippen molar-refractivity contribution in [1.82, 2.24) is 5.32 Å². The quantitative estimate of drug-likeness (QED) is 0.744. The predicted octanol–water partition coefficient (Wildman–Crippen LogP) is 2.07. The minimum absolute atomic E-state index is 0.156. The van der Waals surface area contributed by atoms with Gasteiger partial charge in [-0.15, -0.1) is 0 Å². The maximum absolute atomic E-state index is 11.5. The Morgan fingerprint density at radius 2 is 1.92 bits per heavy atom. The molecule has 1 N–H and O–H groups in total. The van der Waals surface area contributed by atoms with Gasteiger partial charge in [-0.2, -0.15) is 0 Å². The van der Waals surface area contributed by atoms with E-state index in [0.29, 0.717) is 5.92 Å². The van der Waals surface area contributed by atoms with Crippen LogP contribution in [-0.4, -0.2) is 16.3 Å². The molecule has 0 radical (unpaired) electrons. The summed E-state index contributed by atoms with van der Waals surface area (Å²) >= 11 is 3.42. The van der Waals surface area contributed by atoms with Crippen LogP contribution in [0.3, 0.4) is 0 Å². The zero-order valence-electron chi connectivity index (χ0n) is 7.86. The van der Waals surface area contributed by atoms with E-state index in [1.54, 1.807) is 0 Å². The summed E-state index contributed by atoms with van der Waals surface area (Å²) in [6.07, 6.45) is 1.95. The minimum Gasteiger partial charge on any atom is -0.352 e. The summed E-state index contributed by atoms with van der Waals surface area (Å²) in [5.74, 6) is 0.660. The van der Waals surface area contributed by atoms with E-state index in [-0.39, 0.29) is 16.3 Å². The van der Waals surface area contributed by atoms with Gasteiger partial charge in [-0.1, -0.05) is 29.8 Å². The monoisotopic (exact) mass is 233 g/mol. The van der Waals surface area contributed by atoms with Crippen LogP contribution >= 0.6 is 15.9 Å². The maximum Gasteiger partial charge on any atom is 0.237 e. The topological polar surface area (TPSA) is 29.1 Å². The van der Waals surface area contributed by atoms with E-state index in [4.69, 9.17) is 0 Å². The minimum atomic E-state index is -0.212. The van der Waals surface area contributed by atoms with Crippen LogP contribution < -0.4 is 5.32 Å². The summed E-state index contributed by atoms with van der Waals surface area (Å²) in [4.78, 5) is 11.5. The maximum atomic E-state index is 11.5. The number of amides is 1. The lowest BCUT2D eigenvalue weighted by Crippen LogP contribution is -2.41. The molecule has 12 heavy (non-hydrogen) atoms. The SMILES string of the molecule is CC(C)C(C)NC(=O)C1(Br)CC1. The molecule has 0 aromatic carbocycles. The number of alkyl halides is 1. The van der Waals surface area contributed by atoms with Gasteiger partial charge in [-0.3, -0.25) is 4.79 Å². The second-order valence-electron chi connectivity index (χ2n) is 3.97. The van der Waals surface area contributed by atoms with Crippen LogP contribution in [0.25, 0.3) is 0 Å². The van der Waals surface area contributed by atoms with E-state index >= 15 is 0 Å². The Morgan fingerprint density at radius 3 is 2.25 bits per heavy atom. The van der Waals surface area contributed by atoms with Crippen molar-refractivity contribution in [2.24, 2.45) is 5.92 Å². The Labute approximate surface area is 82.2 Å². The molecule has 1 saturated carbocycles. The van der Waals surface area contributed by atoms with Gasteiger partial charge in [0.15, 0.2) is 0 Å². The lowest BCUT2D eigenvalue weighted by Gasteiger charge is -2.19. The molecule has 0 aromatic rings. The van der Waals surface area contributed by atoms with Gasteiger partial charge in [-0.05, 0) is 25.7 Å². The highest BCUT2D eigenvalue weighted by Gasteiger charge is 2.47. The highest BCUT2D eigenvalue weighted by Crippen LogP contribution is 2.44. The summed E-state index contributed by atoms with van der Waals surface area (Å²) in [5.41, 5.74) is 0. The molecule has 1 atom stereocenters. The number of halogens is 1. The van der Waals surface area contributed by atoms with Crippen molar-refractivity contribution >= 4 is 21.8 Å². The van der Waals surface area contributed by atoms with Crippen LogP contribution in [0.1, 0.15) is 33.6 Å². The van der Waals surface area contributed by atoms with Crippen molar-refractivity contribution in [3.05, 3.63) is 0 Å². The second-order valence-corrected chi connectivity index (χ2v) is 5.49. The molecule has 1 fully saturated rings. The first-order valence-corrected chi connectivity index (χ1v) is 5.25. The van der Waals surface area contributed by atoms with Crippen molar-refractivity contribution in [2.75, 3.05) is 0 Å². The van der Waals surface area contributed by atoms with Crippen molar-refractivity contribution in [3.8, 4) is 0 Å². The van der Waals surface area contributed by atoms with Crippen LogP contribution in [-0.2, 0) is 4.79 Å². The van der Waals surface area contributed by atoms with Crippen LogP contribution in [0, 0.1) is 5.92 Å². The van der Waals surface area contributed by atoms with Gasteiger partial charge in [0.05, 0.1) is 0 Å². The van der Waals surface area contributed by atoms with Crippen molar-refractivity contribution in [1.29, 1.82) is 0 Å². The fourth-order valence-corrected chi connectivity index (χ4v) is 1.15. The number of nitrogens with one attached hydrogen (secondary N) is 1. The van der Waals surface area contributed by atoms with Crippen LogP contribution in [0.15, 0.2) is 0 Å². The van der Waals surface area contributed by atoms with Gasteiger partial charge < -0.3 is 5.32 Å². The number of carbonyl (C=O) groups excluding carboxylic acids is 1. The van der Waals surface area contributed by atoms with Gasteiger partial charge in [0.2, 0.25) is 5.91 Å². The molecule has 3 heteroatoms. The van der Waals surface area contributed by atoms with Gasteiger partial charge in [0, 0.05) is 6.04 Å². The highest BCUT2D eigenvalue weighted by atomic mass is 79.9. The Balaban J connectivity index is 2.36. The molecule has 0 bridgehead atoms. The lowest BCUT2D eigenvalue weighted by atomic mass is 10.1. The average Bonchev–Trinajstić information content (AvgIpc) is 2.69. The molecule has 0 saturated heterocycles. The third-order valence-electron chi connectivity index (χ3n) is 2.45. The smallest absolute Gasteiger partial charge is 0.237 e. The third-order valence-corrected chi connectivity index (χ3v) is 3.61. The molecule has 0 heterocycles. The zero-order valence-corrected chi connectivity index (χ0v) is 9.44. The fourth-order valence-electron chi connectivity index (χ4n) is 0.840. The molecule has 0 aliphatic heterocycles. The predicted molar refractivity (Wildman–Crippen MR) is 53.3 cm³/mol. The summed E-state index contributed by atoms with van der Waals surface area (Å²) < 4.78 is -0.212. The molecule has 1 aliphatic rings. The fraction of sp³-hybridized carbons (Fsp3) is 0.889. The molecule has 1 unspecified atom stereocenters. The summed E-state index contributed by atoms with van der Waals surface area (Å²) in [5, 5.41) is 3.00. The van der Waals surface area contributed by atoms with Crippen molar-refractivity contribution < 1.29 is 4.79 Å². The molecule has 1 amide bonds. The Bertz CT molecular complexity index is 187. The summed E-state index contributed by atoms with van der Waals surface area (Å²) in [6, 6.07) is 0.271. The van der Waals surface area contributed by atoms with Crippen LogP contribution in [0.2, 0.25) is 0 Å². The van der Waals surface area contributed by atoms with E-state index in [2.05, 4.69) is 35.1 Å². The third kappa shape index (κ3) is 2.22. The number of hydrogen-bond acceptors (Lipinski definition) is 1. The first kappa shape index (κ1) is 10.0. The standard InChI is InChI=1S/C9H16BrNO/c1-6(2)7(3)11-8(12)9(10)4-5-9/h6-7H,4-5H2,1-3H3,(H,11,12). The molecule has 1 aliphatic carbocycles. The second kappa shape index (κ2) is 3.36. The largest absolute Gasteiger partial charge is 0.352 e. The first-order valence-electron chi connectivity index (χ1n) is 4.45. The van der Waals surface area contributed by atoms with Gasteiger partial charge in [-0.25, -0.2) is 0 Å². The normalized spacial score (nSPS) is 22.1. The number of hydrogen-bond donors (Lipinski definition) is 1. The molecular formula is C9H16BrNO. The van der Waals surface area contributed by atoms with E-state index < -0.39 is 0 Å². The van der Waals surface area contributed by atoms with Gasteiger partial charge in [0.1, 0.15) is 4.32 Å². The van der Waals surface area contributed by atoms with Gasteiger partial charge in [0.25, 0.3) is 0 Å². The molecule has 2 nitrogen and oxygen atoms in total. The number of rotatable bonds is 3. The Morgan fingerprint density at radius 1 is 1.42 bits per heavy atom. The molecule has 0 spiro atoms. The van der Waals surface area contributed by atoms with E-state index in [1.807, 2.05) is 6.92 Å². The highest BCUT2D eigenvalue weighted by molar-refractivity contribution is 9.10. The molecule has 0 aromatic heterocycles. The van der Waals surface area contributed by atoms with E-state index in [9.17, 15) is 4.79 Å². The van der Waals surface area contributed by atoms with Crippen LogP contribution in [0.5, 0.6) is 0 Å². The molecular weight excluding hydrogens is 218 g/mol. The first-order chi connectivity index (χ1) is 5.46. The average molecular weight is 234 g/mol. The van der Waals surface area contributed by atoms with Crippen LogP contribution in [0.4, 0.5) is 0 Å². The Kier molecular flexibility index (Phi) is 2.81. The van der Waals surface area contributed by atoms with E-state index in [0.717, 1.165) is 12.8 Å². The Hall–Kier alpha value is -0.0500. The summed E-state index contributed by atoms with van der Waals surface area (Å²) in [7, 11) is 0. The van der Waals surface area contributed by atoms with E-state index in [1.165, 1.54) is 0 Å². The lowest BCUT2D eigenvalue weighted by molar-refractivity contribution is -0.121. The number of carbonyl (C=O) groups is 1.